The van der Waals surface area contributed by atoms with Crippen LogP contribution in [0.25, 0.3) is 11.3 Å². The van der Waals surface area contributed by atoms with E-state index in [1.165, 1.54) is 0 Å². The first-order chi connectivity index (χ1) is 14.5. The van der Waals surface area contributed by atoms with E-state index in [9.17, 15) is 9.59 Å². The third kappa shape index (κ3) is 5.94. The van der Waals surface area contributed by atoms with Crippen molar-refractivity contribution in [2.24, 2.45) is 0 Å². The molecule has 0 radical (unpaired) electrons. The van der Waals surface area contributed by atoms with Crippen LogP contribution in [-0.4, -0.2) is 30.6 Å². The van der Waals surface area contributed by atoms with E-state index in [-0.39, 0.29) is 18.9 Å². The third-order valence-electron chi connectivity index (χ3n) is 4.47. The molecule has 0 unspecified atom stereocenters. The van der Waals surface area contributed by atoms with E-state index in [0.29, 0.717) is 30.4 Å². The van der Waals surface area contributed by atoms with Gasteiger partial charge in [0, 0.05) is 24.1 Å². The van der Waals surface area contributed by atoms with Crippen LogP contribution in [0.5, 0.6) is 5.75 Å². The molecule has 30 heavy (non-hydrogen) atoms. The Morgan fingerprint density at radius 1 is 1.10 bits per heavy atom. The normalized spacial score (nSPS) is 10.5. The summed E-state index contributed by atoms with van der Waals surface area (Å²) >= 11 is 0. The number of para-hydroxylation sites is 1. The monoisotopic (exact) mass is 408 g/mol. The number of oxazole rings is 1. The van der Waals surface area contributed by atoms with E-state index in [1.807, 2.05) is 55.5 Å². The van der Waals surface area contributed by atoms with Crippen molar-refractivity contribution >= 4 is 11.9 Å². The van der Waals surface area contributed by atoms with Gasteiger partial charge in [-0.15, -0.1) is 0 Å². The molecular formula is C23H24N2O5. The number of rotatable bonds is 9. The molecule has 0 spiro atoms. The summed E-state index contributed by atoms with van der Waals surface area (Å²) < 4.78 is 15.9. The lowest BCUT2D eigenvalue weighted by Crippen LogP contribution is -2.28. The molecule has 0 fully saturated rings. The van der Waals surface area contributed by atoms with Gasteiger partial charge in [0.2, 0.25) is 0 Å². The van der Waals surface area contributed by atoms with Crippen molar-refractivity contribution < 1.29 is 23.5 Å². The summed E-state index contributed by atoms with van der Waals surface area (Å²) in [5.74, 6) is 0.910. The van der Waals surface area contributed by atoms with Gasteiger partial charge in [-0.1, -0.05) is 48.0 Å². The standard InChI is InChI=1S/C23H24N2O5/c1-16-7-9-17(10-8-16)20-14-25-22(30-20)11-12-23(27)29-15-21(26)24-13-18-5-3-4-6-19(18)28-2/h3-10,14H,11-13,15H2,1-2H3,(H,24,26). The Labute approximate surface area is 175 Å². The third-order valence-corrected chi connectivity index (χ3v) is 4.47. The van der Waals surface area contributed by atoms with Crippen LogP contribution in [0.1, 0.15) is 23.4 Å². The van der Waals surface area contributed by atoms with Gasteiger partial charge in [-0.3, -0.25) is 9.59 Å². The minimum Gasteiger partial charge on any atom is -0.496 e. The van der Waals surface area contributed by atoms with Crippen molar-refractivity contribution in [2.75, 3.05) is 13.7 Å². The number of carbonyl (C=O) groups excluding carboxylic acids is 2. The molecule has 7 nitrogen and oxygen atoms in total. The molecule has 2 aromatic carbocycles. The Kier molecular flexibility index (Phi) is 7.21. The van der Waals surface area contributed by atoms with Crippen molar-refractivity contribution in [3.63, 3.8) is 0 Å². The van der Waals surface area contributed by atoms with E-state index in [4.69, 9.17) is 13.9 Å². The van der Waals surface area contributed by atoms with Crippen molar-refractivity contribution in [2.45, 2.75) is 26.3 Å². The van der Waals surface area contributed by atoms with Gasteiger partial charge in [-0.25, -0.2) is 4.98 Å². The Balaban J connectivity index is 1.39. The first kappa shape index (κ1) is 21.1. The average Bonchev–Trinajstić information content (AvgIpc) is 3.24. The molecule has 1 N–H and O–H groups in total. The zero-order valence-corrected chi connectivity index (χ0v) is 17.0. The Morgan fingerprint density at radius 3 is 2.63 bits per heavy atom. The molecule has 0 saturated heterocycles. The summed E-state index contributed by atoms with van der Waals surface area (Å²) in [5.41, 5.74) is 2.93. The number of amides is 1. The molecule has 7 heteroatoms. The number of benzene rings is 2. The molecule has 0 aliphatic carbocycles. The summed E-state index contributed by atoms with van der Waals surface area (Å²) in [6.07, 6.45) is 2.01. The fourth-order valence-corrected chi connectivity index (χ4v) is 2.80. The highest BCUT2D eigenvalue weighted by Gasteiger charge is 2.12. The number of esters is 1. The van der Waals surface area contributed by atoms with Crippen molar-refractivity contribution in [3.8, 4) is 17.1 Å². The van der Waals surface area contributed by atoms with Gasteiger partial charge in [-0.2, -0.15) is 0 Å². The van der Waals surface area contributed by atoms with Gasteiger partial charge in [0.15, 0.2) is 18.3 Å². The average molecular weight is 408 g/mol. The van der Waals surface area contributed by atoms with Gasteiger partial charge in [-0.05, 0) is 13.0 Å². The van der Waals surface area contributed by atoms with Crippen LogP contribution >= 0.6 is 0 Å². The van der Waals surface area contributed by atoms with E-state index >= 15 is 0 Å². The van der Waals surface area contributed by atoms with E-state index in [2.05, 4.69) is 10.3 Å². The Hall–Kier alpha value is -3.61. The fourth-order valence-electron chi connectivity index (χ4n) is 2.80. The number of ether oxygens (including phenoxy) is 2. The number of aromatic nitrogens is 1. The molecule has 0 saturated carbocycles. The summed E-state index contributed by atoms with van der Waals surface area (Å²) in [5, 5.41) is 2.70. The van der Waals surface area contributed by atoms with Crippen molar-refractivity contribution in [1.82, 2.24) is 10.3 Å². The van der Waals surface area contributed by atoms with Crippen molar-refractivity contribution in [1.29, 1.82) is 0 Å². The molecule has 0 atom stereocenters. The second-order valence-electron chi connectivity index (χ2n) is 6.73. The highest BCUT2D eigenvalue weighted by atomic mass is 16.5. The topological polar surface area (TPSA) is 90.7 Å². The Morgan fingerprint density at radius 2 is 1.87 bits per heavy atom. The van der Waals surface area contributed by atoms with Crippen LogP contribution < -0.4 is 10.1 Å². The minimum absolute atomic E-state index is 0.0770. The van der Waals surface area contributed by atoms with Crippen LogP contribution in [0, 0.1) is 6.92 Å². The van der Waals surface area contributed by atoms with Crippen LogP contribution in [0.15, 0.2) is 59.1 Å². The van der Waals surface area contributed by atoms with Crippen LogP contribution in [0.4, 0.5) is 0 Å². The lowest BCUT2D eigenvalue weighted by Gasteiger charge is -2.09. The second kappa shape index (κ2) is 10.2. The van der Waals surface area contributed by atoms with Crippen LogP contribution in [0.2, 0.25) is 0 Å². The molecule has 1 amide bonds. The van der Waals surface area contributed by atoms with Gasteiger partial charge >= 0.3 is 5.97 Å². The molecule has 0 aliphatic heterocycles. The summed E-state index contributed by atoms with van der Waals surface area (Å²) in [4.78, 5) is 28.0. The predicted octanol–water partition coefficient (Wildman–Crippen LogP) is 3.45. The molecule has 3 aromatic rings. The van der Waals surface area contributed by atoms with Gasteiger partial charge < -0.3 is 19.2 Å². The number of carbonyl (C=O) groups is 2. The maximum atomic E-state index is 11.9. The maximum Gasteiger partial charge on any atom is 0.306 e. The summed E-state index contributed by atoms with van der Waals surface area (Å²) in [7, 11) is 1.57. The molecule has 3 rings (SSSR count). The second-order valence-corrected chi connectivity index (χ2v) is 6.73. The van der Waals surface area contributed by atoms with Crippen LogP contribution in [-0.2, 0) is 27.3 Å². The highest BCUT2D eigenvalue weighted by molar-refractivity contribution is 5.80. The minimum atomic E-state index is -0.488. The lowest BCUT2D eigenvalue weighted by molar-refractivity contribution is -0.148. The van der Waals surface area contributed by atoms with Gasteiger partial charge in [0.05, 0.1) is 19.7 Å². The number of nitrogens with one attached hydrogen (secondary N) is 1. The van der Waals surface area contributed by atoms with E-state index < -0.39 is 5.97 Å². The molecule has 156 valence electrons. The number of nitrogens with zero attached hydrogens (tertiary/aromatic N) is 1. The number of methoxy groups -OCH3 is 1. The van der Waals surface area contributed by atoms with Crippen molar-refractivity contribution in [3.05, 3.63) is 71.7 Å². The number of hydrogen-bond donors (Lipinski definition) is 1. The molecule has 0 bridgehead atoms. The zero-order chi connectivity index (χ0) is 21.3. The van der Waals surface area contributed by atoms with Gasteiger partial charge in [0.25, 0.3) is 5.91 Å². The number of hydrogen-bond acceptors (Lipinski definition) is 6. The number of aryl methyl sites for hydroxylation is 2. The first-order valence-electron chi connectivity index (χ1n) is 9.61. The maximum absolute atomic E-state index is 11.9. The largest absolute Gasteiger partial charge is 0.496 e. The Bertz CT molecular complexity index is 995. The zero-order valence-electron chi connectivity index (χ0n) is 17.0. The summed E-state index contributed by atoms with van der Waals surface area (Å²) in [6, 6.07) is 15.3. The van der Waals surface area contributed by atoms with Crippen LogP contribution in [0.3, 0.4) is 0 Å². The summed E-state index contributed by atoms with van der Waals surface area (Å²) in [6.45, 7) is 1.96. The van der Waals surface area contributed by atoms with E-state index in [1.54, 1.807) is 13.3 Å². The quantitative estimate of drug-likeness (QED) is 0.546. The highest BCUT2D eigenvalue weighted by Crippen LogP contribution is 2.21. The van der Waals surface area contributed by atoms with Gasteiger partial charge in [0.1, 0.15) is 5.75 Å². The van der Waals surface area contributed by atoms with E-state index in [0.717, 1.165) is 16.7 Å². The molecule has 1 aromatic heterocycles. The molecular weight excluding hydrogens is 384 g/mol. The first-order valence-corrected chi connectivity index (χ1v) is 9.61. The molecule has 0 aliphatic rings. The predicted molar refractivity (Wildman–Crippen MR) is 111 cm³/mol. The fraction of sp³-hybridized carbons (Fsp3) is 0.261. The SMILES string of the molecule is COc1ccccc1CNC(=O)COC(=O)CCc1ncc(-c2ccc(C)cc2)o1. The molecule has 1 heterocycles. The smallest absolute Gasteiger partial charge is 0.306 e. The lowest BCUT2D eigenvalue weighted by atomic mass is 10.1.